The van der Waals surface area contributed by atoms with E-state index in [1.165, 1.54) is 0 Å². The Hall–Kier alpha value is -0.120. The summed E-state index contributed by atoms with van der Waals surface area (Å²) in [6.07, 6.45) is 0.991. The smallest absolute Gasteiger partial charge is 0.0946 e. The molecule has 0 unspecified atom stereocenters. The highest BCUT2D eigenvalue weighted by Gasteiger charge is 2.40. The van der Waals surface area contributed by atoms with E-state index in [0.717, 1.165) is 32.7 Å². The molecule has 66 valence electrons. The van der Waals surface area contributed by atoms with Gasteiger partial charge < -0.3 is 15.4 Å². The summed E-state index contributed by atoms with van der Waals surface area (Å²) in [7, 11) is 2.10. The van der Waals surface area contributed by atoms with Gasteiger partial charge in [0.25, 0.3) is 0 Å². The van der Waals surface area contributed by atoms with E-state index in [-0.39, 0.29) is 5.60 Å². The molecule has 0 spiro atoms. The summed E-state index contributed by atoms with van der Waals surface area (Å²) >= 11 is 0. The second-order valence-electron chi connectivity index (χ2n) is 3.33. The number of hydrogen-bond donors (Lipinski definition) is 1. The number of rotatable bonds is 4. The molecular formula is C8H18N2O. The standard InChI is InChI=1S/C8H18N2O/c1-3-11-8(4-5-9)6-10(2)7-8/h3-7,9H2,1-2H3. The number of likely N-dealkylation sites (N-methyl/N-ethyl adjacent to an activating group) is 1. The molecule has 3 nitrogen and oxygen atoms in total. The van der Waals surface area contributed by atoms with Crippen LogP contribution in [0.25, 0.3) is 0 Å². The van der Waals surface area contributed by atoms with Crippen LogP contribution in [0.4, 0.5) is 0 Å². The number of hydrogen-bond acceptors (Lipinski definition) is 3. The first-order chi connectivity index (χ1) is 5.22. The molecule has 0 aromatic rings. The maximum absolute atomic E-state index is 5.65. The highest BCUT2D eigenvalue weighted by Crippen LogP contribution is 2.26. The van der Waals surface area contributed by atoms with E-state index in [0.29, 0.717) is 0 Å². The third-order valence-electron chi connectivity index (χ3n) is 2.17. The molecule has 2 N–H and O–H groups in total. The Morgan fingerprint density at radius 3 is 2.55 bits per heavy atom. The van der Waals surface area contributed by atoms with Crippen LogP contribution in [-0.2, 0) is 4.74 Å². The van der Waals surface area contributed by atoms with Crippen LogP contribution in [0.3, 0.4) is 0 Å². The van der Waals surface area contributed by atoms with Crippen molar-refractivity contribution >= 4 is 0 Å². The van der Waals surface area contributed by atoms with Gasteiger partial charge in [-0.2, -0.15) is 0 Å². The molecule has 11 heavy (non-hydrogen) atoms. The molecule has 0 saturated carbocycles. The molecule has 0 radical (unpaired) electrons. The van der Waals surface area contributed by atoms with Crippen molar-refractivity contribution in [1.82, 2.24) is 4.90 Å². The third-order valence-corrected chi connectivity index (χ3v) is 2.17. The van der Waals surface area contributed by atoms with Crippen molar-refractivity contribution in [3.05, 3.63) is 0 Å². The number of nitrogens with two attached hydrogens (primary N) is 1. The molecule has 0 aromatic carbocycles. The minimum absolute atomic E-state index is 0.0955. The van der Waals surface area contributed by atoms with Gasteiger partial charge in [0.2, 0.25) is 0 Å². The summed E-state index contributed by atoms with van der Waals surface area (Å²) in [5, 5.41) is 0. The van der Waals surface area contributed by atoms with Crippen LogP contribution in [0.1, 0.15) is 13.3 Å². The maximum Gasteiger partial charge on any atom is 0.0946 e. The first-order valence-electron chi connectivity index (χ1n) is 4.25. The van der Waals surface area contributed by atoms with Gasteiger partial charge >= 0.3 is 0 Å². The zero-order valence-corrected chi connectivity index (χ0v) is 7.47. The van der Waals surface area contributed by atoms with Crippen LogP contribution < -0.4 is 5.73 Å². The second-order valence-corrected chi connectivity index (χ2v) is 3.33. The summed E-state index contributed by atoms with van der Waals surface area (Å²) < 4.78 is 5.65. The van der Waals surface area contributed by atoms with Gasteiger partial charge in [-0.05, 0) is 26.9 Å². The first-order valence-corrected chi connectivity index (χ1v) is 4.25. The van der Waals surface area contributed by atoms with Gasteiger partial charge in [-0.25, -0.2) is 0 Å². The van der Waals surface area contributed by atoms with E-state index in [2.05, 4.69) is 11.9 Å². The molecule has 0 atom stereocenters. The summed E-state index contributed by atoms with van der Waals surface area (Å²) in [5.41, 5.74) is 5.60. The summed E-state index contributed by atoms with van der Waals surface area (Å²) in [6.45, 7) is 5.65. The van der Waals surface area contributed by atoms with Gasteiger partial charge in [0.05, 0.1) is 5.60 Å². The normalized spacial score (nSPS) is 23.2. The molecule has 1 saturated heterocycles. The lowest BCUT2D eigenvalue weighted by Crippen LogP contribution is -2.62. The SMILES string of the molecule is CCOC1(CCN)CN(C)C1. The monoisotopic (exact) mass is 158 g/mol. The molecule has 3 heteroatoms. The van der Waals surface area contributed by atoms with Crippen LogP contribution in [0.5, 0.6) is 0 Å². The fourth-order valence-electron chi connectivity index (χ4n) is 1.83. The van der Waals surface area contributed by atoms with Crippen molar-refractivity contribution in [3.63, 3.8) is 0 Å². The molecule has 1 rings (SSSR count). The van der Waals surface area contributed by atoms with Crippen molar-refractivity contribution in [2.45, 2.75) is 18.9 Å². The minimum atomic E-state index is 0.0955. The van der Waals surface area contributed by atoms with Crippen LogP contribution in [0, 0.1) is 0 Å². The highest BCUT2D eigenvalue weighted by atomic mass is 16.5. The lowest BCUT2D eigenvalue weighted by Gasteiger charge is -2.48. The summed E-state index contributed by atoms with van der Waals surface area (Å²) in [4.78, 5) is 2.26. The van der Waals surface area contributed by atoms with E-state index < -0.39 is 0 Å². The zero-order chi connectivity index (χ0) is 8.32. The van der Waals surface area contributed by atoms with Crippen molar-refractivity contribution in [1.29, 1.82) is 0 Å². The molecule has 1 aliphatic rings. The number of nitrogens with zero attached hydrogens (tertiary/aromatic N) is 1. The molecule has 1 heterocycles. The van der Waals surface area contributed by atoms with Gasteiger partial charge in [-0.1, -0.05) is 0 Å². The molecule has 0 aromatic heterocycles. The Labute approximate surface area is 68.5 Å². The maximum atomic E-state index is 5.65. The largest absolute Gasteiger partial charge is 0.373 e. The van der Waals surface area contributed by atoms with E-state index >= 15 is 0 Å². The van der Waals surface area contributed by atoms with Gasteiger partial charge in [-0.3, -0.25) is 0 Å². The zero-order valence-electron chi connectivity index (χ0n) is 7.47. The number of ether oxygens (including phenoxy) is 1. The molecular weight excluding hydrogens is 140 g/mol. The minimum Gasteiger partial charge on any atom is -0.373 e. The van der Waals surface area contributed by atoms with Crippen molar-refractivity contribution in [2.75, 3.05) is 33.3 Å². The van der Waals surface area contributed by atoms with Crippen molar-refractivity contribution < 1.29 is 4.74 Å². The predicted molar refractivity (Wildman–Crippen MR) is 45.5 cm³/mol. The van der Waals surface area contributed by atoms with Crippen LogP contribution in [0.2, 0.25) is 0 Å². The Bertz CT molecular complexity index is 106. The van der Waals surface area contributed by atoms with E-state index in [1.807, 2.05) is 6.92 Å². The Morgan fingerprint density at radius 1 is 1.55 bits per heavy atom. The highest BCUT2D eigenvalue weighted by molar-refractivity contribution is 4.95. The van der Waals surface area contributed by atoms with Gasteiger partial charge in [0.1, 0.15) is 0 Å². The second kappa shape index (κ2) is 3.52. The Kier molecular flexibility index (Phi) is 2.87. The van der Waals surface area contributed by atoms with Gasteiger partial charge in [0, 0.05) is 19.7 Å². The molecule has 1 aliphatic heterocycles. The van der Waals surface area contributed by atoms with Crippen molar-refractivity contribution in [3.8, 4) is 0 Å². The Balaban J connectivity index is 2.33. The fraction of sp³-hybridized carbons (Fsp3) is 1.00. The summed E-state index contributed by atoms with van der Waals surface area (Å²) in [5.74, 6) is 0. The average molecular weight is 158 g/mol. The molecule has 0 amide bonds. The lowest BCUT2D eigenvalue weighted by atomic mass is 9.91. The molecule has 0 bridgehead atoms. The first kappa shape index (κ1) is 8.97. The number of likely N-dealkylation sites (tertiary alicyclic amines) is 1. The predicted octanol–water partition coefficient (Wildman–Crippen LogP) is 0.0559. The quantitative estimate of drug-likeness (QED) is 0.628. The fourth-order valence-corrected chi connectivity index (χ4v) is 1.83. The van der Waals surface area contributed by atoms with Gasteiger partial charge in [-0.15, -0.1) is 0 Å². The lowest BCUT2D eigenvalue weighted by molar-refractivity contribution is -0.135. The van der Waals surface area contributed by atoms with Crippen molar-refractivity contribution in [2.24, 2.45) is 5.73 Å². The average Bonchev–Trinajstić information content (AvgIpc) is 1.86. The molecule has 1 fully saturated rings. The van der Waals surface area contributed by atoms with E-state index in [4.69, 9.17) is 10.5 Å². The van der Waals surface area contributed by atoms with E-state index in [9.17, 15) is 0 Å². The third kappa shape index (κ3) is 1.92. The van der Waals surface area contributed by atoms with Crippen LogP contribution in [-0.4, -0.2) is 43.8 Å². The Morgan fingerprint density at radius 2 is 2.18 bits per heavy atom. The summed E-state index contributed by atoms with van der Waals surface area (Å²) in [6, 6.07) is 0. The van der Waals surface area contributed by atoms with E-state index in [1.54, 1.807) is 0 Å². The topological polar surface area (TPSA) is 38.5 Å². The van der Waals surface area contributed by atoms with Crippen LogP contribution >= 0.6 is 0 Å². The van der Waals surface area contributed by atoms with Gasteiger partial charge in [0.15, 0.2) is 0 Å². The van der Waals surface area contributed by atoms with Crippen LogP contribution in [0.15, 0.2) is 0 Å². The molecule has 0 aliphatic carbocycles.